The highest BCUT2D eigenvalue weighted by molar-refractivity contribution is 5.71. The molecular weight excluding hydrogens is 228 g/mol. The molecule has 0 aromatic rings. The zero-order chi connectivity index (χ0) is 14.0. The van der Waals surface area contributed by atoms with Crippen LogP contribution in [0.5, 0.6) is 0 Å². The number of unbranched alkanes of at least 4 members (excludes halogenated alkanes) is 4. The van der Waals surface area contributed by atoms with Gasteiger partial charge in [0.2, 0.25) is 0 Å². The molecule has 0 bridgehead atoms. The maximum atomic E-state index is 10.4. The fourth-order valence-corrected chi connectivity index (χ4v) is 2.40. The topological polar surface area (TPSA) is 57.5 Å². The van der Waals surface area contributed by atoms with Crippen molar-refractivity contribution in [1.82, 2.24) is 0 Å². The van der Waals surface area contributed by atoms with Crippen molar-refractivity contribution < 1.29 is 15.0 Å². The number of carbonyl (C=O) groups is 1. The highest BCUT2D eigenvalue weighted by atomic mass is 16.4. The van der Waals surface area contributed by atoms with Crippen LogP contribution in [0.1, 0.15) is 78.6 Å². The van der Waals surface area contributed by atoms with Gasteiger partial charge in [-0.15, -0.1) is 0 Å². The zero-order valence-electron chi connectivity index (χ0n) is 12.2. The van der Waals surface area contributed by atoms with Gasteiger partial charge in [0.05, 0.1) is 0 Å². The average Bonchev–Trinajstić information content (AvgIpc) is 2.27. The fourth-order valence-electron chi connectivity index (χ4n) is 2.40. The molecule has 2 N–H and O–H groups in total. The van der Waals surface area contributed by atoms with Crippen LogP contribution >= 0.6 is 0 Å². The van der Waals surface area contributed by atoms with Gasteiger partial charge in [-0.1, -0.05) is 59.3 Å². The van der Waals surface area contributed by atoms with Gasteiger partial charge in [-0.3, -0.25) is 0 Å². The van der Waals surface area contributed by atoms with Crippen LogP contribution in [0.3, 0.4) is 0 Å². The molecule has 1 atom stereocenters. The molecule has 0 aliphatic carbocycles. The van der Waals surface area contributed by atoms with Crippen LogP contribution in [0.4, 0.5) is 0 Å². The van der Waals surface area contributed by atoms with E-state index in [0.29, 0.717) is 11.8 Å². The zero-order valence-corrected chi connectivity index (χ0v) is 12.2. The SMILES string of the molecule is CCCC(C)(C)CCCCCCCC(O)C(=O)O. The molecule has 0 saturated carbocycles. The minimum Gasteiger partial charge on any atom is -0.479 e. The Morgan fingerprint density at radius 1 is 1.06 bits per heavy atom. The van der Waals surface area contributed by atoms with Gasteiger partial charge in [0.25, 0.3) is 0 Å². The molecular formula is C15H30O3. The van der Waals surface area contributed by atoms with Gasteiger partial charge in [0.15, 0.2) is 6.10 Å². The lowest BCUT2D eigenvalue weighted by Gasteiger charge is -2.23. The third-order valence-electron chi connectivity index (χ3n) is 3.54. The summed E-state index contributed by atoms with van der Waals surface area (Å²) in [5, 5.41) is 17.6. The number of aliphatic hydroxyl groups excluding tert-OH is 1. The van der Waals surface area contributed by atoms with E-state index in [0.717, 1.165) is 19.3 Å². The third-order valence-corrected chi connectivity index (χ3v) is 3.54. The van der Waals surface area contributed by atoms with E-state index in [-0.39, 0.29) is 0 Å². The predicted octanol–water partition coefficient (Wildman–Crippen LogP) is 3.99. The second-order valence-electron chi connectivity index (χ2n) is 6.07. The molecule has 1 unspecified atom stereocenters. The van der Waals surface area contributed by atoms with E-state index >= 15 is 0 Å². The second-order valence-corrected chi connectivity index (χ2v) is 6.07. The molecule has 0 amide bonds. The molecule has 0 spiro atoms. The van der Waals surface area contributed by atoms with E-state index in [1.165, 1.54) is 32.1 Å². The summed E-state index contributed by atoms with van der Waals surface area (Å²) in [6, 6.07) is 0. The molecule has 0 aliphatic heterocycles. The number of aliphatic hydroxyl groups is 1. The molecule has 108 valence electrons. The smallest absolute Gasteiger partial charge is 0.332 e. The van der Waals surface area contributed by atoms with E-state index < -0.39 is 12.1 Å². The Kier molecular flexibility index (Phi) is 9.08. The van der Waals surface area contributed by atoms with E-state index in [2.05, 4.69) is 20.8 Å². The Morgan fingerprint density at radius 3 is 2.17 bits per heavy atom. The summed E-state index contributed by atoms with van der Waals surface area (Å²) in [7, 11) is 0. The number of carboxylic acids is 1. The second kappa shape index (κ2) is 9.37. The summed E-state index contributed by atoms with van der Waals surface area (Å²) in [4.78, 5) is 10.4. The third kappa shape index (κ3) is 9.46. The van der Waals surface area contributed by atoms with Crippen molar-refractivity contribution in [2.45, 2.75) is 84.7 Å². The van der Waals surface area contributed by atoms with Crippen LogP contribution in [0, 0.1) is 5.41 Å². The highest BCUT2D eigenvalue weighted by Crippen LogP contribution is 2.29. The molecule has 0 heterocycles. The van der Waals surface area contributed by atoms with Crippen LogP contribution in [0.25, 0.3) is 0 Å². The molecule has 3 nitrogen and oxygen atoms in total. The summed E-state index contributed by atoms with van der Waals surface area (Å²) in [6.07, 6.45) is 8.49. The van der Waals surface area contributed by atoms with Gasteiger partial charge in [0.1, 0.15) is 0 Å². The molecule has 0 aliphatic rings. The van der Waals surface area contributed by atoms with E-state index in [4.69, 9.17) is 10.2 Å². The summed E-state index contributed by atoms with van der Waals surface area (Å²) in [5.41, 5.74) is 0.467. The van der Waals surface area contributed by atoms with Crippen LogP contribution in [-0.2, 0) is 4.79 Å². The number of aliphatic carboxylic acids is 1. The van der Waals surface area contributed by atoms with Crippen LogP contribution < -0.4 is 0 Å². The Morgan fingerprint density at radius 2 is 1.61 bits per heavy atom. The molecule has 0 saturated heterocycles. The van der Waals surface area contributed by atoms with Crippen LogP contribution in [0.15, 0.2) is 0 Å². The largest absolute Gasteiger partial charge is 0.479 e. The lowest BCUT2D eigenvalue weighted by Crippen LogP contribution is -2.18. The Labute approximate surface area is 112 Å². The van der Waals surface area contributed by atoms with Gasteiger partial charge >= 0.3 is 5.97 Å². The molecule has 0 rings (SSSR count). The first-order chi connectivity index (χ1) is 8.39. The van der Waals surface area contributed by atoms with E-state index in [1.54, 1.807) is 0 Å². The number of hydrogen-bond acceptors (Lipinski definition) is 2. The van der Waals surface area contributed by atoms with Crippen molar-refractivity contribution in [2.75, 3.05) is 0 Å². The van der Waals surface area contributed by atoms with Crippen molar-refractivity contribution >= 4 is 5.97 Å². The normalized spacial score (nSPS) is 13.6. The molecule has 0 aromatic carbocycles. The lowest BCUT2D eigenvalue weighted by molar-refractivity contribution is -0.146. The number of carboxylic acid groups (broad SMARTS) is 1. The Hall–Kier alpha value is -0.570. The van der Waals surface area contributed by atoms with Gasteiger partial charge in [0, 0.05) is 0 Å². The van der Waals surface area contributed by atoms with Crippen LogP contribution in [0.2, 0.25) is 0 Å². The van der Waals surface area contributed by atoms with Gasteiger partial charge in [-0.2, -0.15) is 0 Å². The van der Waals surface area contributed by atoms with Crippen molar-refractivity contribution in [3.8, 4) is 0 Å². The summed E-state index contributed by atoms with van der Waals surface area (Å²) in [6.45, 7) is 6.90. The van der Waals surface area contributed by atoms with Crippen molar-refractivity contribution in [3.05, 3.63) is 0 Å². The van der Waals surface area contributed by atoms with Gasteiger partial charge in [-0.05, 0) is 24.7 Å². The summed E-state index contributed by atoms with van der Waals surface area (Å²) < 4.78 is 0. The van der Waals surface area contributed by atoms with Crippen molar-refractivity contribution in [1.29, 1.82) is 0 Å². The van der Waals surface area contributed by atoms with Crippen LogP contribution in [-0.4, -0.2) is 22.3 Å². The van der Waals surface area contributed by atoms with Gasteiger partial charge in [-0.25, -0.2) is 4.79 Å². The number of rotatable bonds is 11. The first-order valence-electron chi connectivity index (χ1n) is 7.30. The lowest BCUT2D eigenvalue weighted by atomic mass is 9.83. The predicted molar refractivity (Wildman–Crippen MR) is 74.7 cm³/mol. The Balaban J connectivity index is 3.39. The Bertz CT molecular complexity index is 224. The van der Waals surface area contributed by atoms with E-state index in [1.807, 2.05) is 0 Å². The minimum absolute atomic E-state index is 0.386. The quantitative estimate of drug-likeness (QED) is 0.551. The van der Waals surface area contributed by atoms with Gasteiger partial charge < -0.3 is 10.2 Å². The summed E-state index contributed by atoms with van der Waals surface area (Å²) in [5.74, 6) is -1.10. The monoisotopic (exact) mass is 258 g/mol. The maximum Gasteiger partial charge on any atom is 0.332 e. The first-order valence-corrected chi connectivity index (χ1v) is 7.30. The van der Waals surface area contributed by atoms with Crippen molar-refractivity contribution in [2.24, 2.45) is 5.41 Å². The molecule has 0 radical (unpaired) electrons. The van der Waals surface area contributed by atoms with Crippen molar-refractivity contribution in [3.63, 3.8) is 0 Å². The average molecular weight is 258 g/mol. The maximum absolute atomic E-state index is 10.4. The standard InChI is InChI=1S/C15H30O3/c1-4-11-15(2,3)12-9-7-5-6-8-10-13(16)14(17)18/h13,16H,4-12H2,1-3H3,(H,17,18). The fraction of sp³-hybridized carbons (Fsp3) is 0.933. The number of hydrogen-bond donors (Lipinski definition) is 2. The first kappa shape index (κ1) is 17.4. The molecule has 0 fully saturated rings. The minimum atomic E-state index is -1.17. The highest BCUT2D eigenvalue weighted by Gasteiger charge is 2.15. The summed E-state index contributed by atoms with van der Waals surface area (Å²) >= 11 is 0. The molecule has 0 aromatic heterocycles. The van der Waals surface area contributed by atoms with E-state index in [9.17, 15) is 4.79 Å². The molecule has 3 heteroatoms. The molecule has 18 heavy (non-hydrogen) atoms.